The van der Waals surface area contributed by atoms with Crippen LogP contribution in [-0.4, -0.2) is 44.9 Å². The maximum absolute atomic E-state index is 12.3. The predicted molar refractivity (Wildman–Crippen MR) is 93.6 cm³/mol. The molecule has 1 fully saturated rings. The summed E-state index contributed by atoms with van der Waals surface area (Å²) in [6.45, 7) is 7.00. The van der Waals surface area contributed by atoms with Gasteiger partial charge in [0.05, 0.1) is 5.01 Å². The van der Waals surface area contributed by atoms with E-state index in [2.05, 4.69) is 32.1 Å². The minimum absolute atomic E-state index is 0.123. The summed E-state index contributed by atoms with van der Waals surface area (Å²) in [5.41, 5.74) is 5.92. The summed E-state index contributed by atoms with van der Waals surface area (Å²) >= 11 is 1.74. The summed E-state index contributed by atoms with van der Waals surface area (Å²) in [6, 6.07) is 0.123. The topological polar surface area (TPSA) is 97.0 Å². The van der Waals surface area contributed by atoms with E-state index in [4.69, 9.17) is 5.73 Å². The molecule has 2 aromatic rings. The number of aryl methyl sites for hydroxylation is 1. The number of carbonyl (C=O) groups excluding carboxylic acids is 1. The van der Waals surface area contributed by atoms with Crippen LogP contribution in [0, 0.1) is 12.8 Å². The van der Waals surface area contributed by atoms with Gasteiger partial charge in [0.25, 0.3) is 5.91 Å². The largest absolute Gasteiger partial charge is 0.382 e. The van der Waals surface area contributed by atoms with Crippen LogP contribution in [0.5, 0.6) is 0 Å². The van der Waals surface area contributed by atoms with Gasteiger partial charge in [0.2, 0.25) is 0 Å². The van der Waals surface area contributed by atoms with Gasteiger partial charge in [0.1, 0.15) is 0 Å². The van der Waals surface area contributed by atoms with Gasteiger partial charge in [0.15, 0.2) is 11.5 Å². The van der Waals surface area contributed by atoms with Crippen LogP contribution in [0.4, 0.5) is 5.82 Å². The Bertz CT molecular complexity index is 718. The molecule has 24 heavy (non-hydrogen) atoms. The van der Waals surface area contributed by atoms with Crippen molar-refractivity contribution in [2.75, 3.05) is 18.8 Å². The zero-order valence-electron chi connectivity index (χ0n) is 13.9. The fourth-order valence-electron chi connectivity index (χ4n) is 3.05. The van der Waals surface area contributed by atoms with Gasteiger partial charge in [-0.2, -0.15) is 0 Å². The highest BCUT2D eigenvalue weighted by Gasteiger charge is 2.28. The highest BCUT2D eigenvalue weighted by Crippen LogP contribution is 2.21. The molecule has 1 amide bonds. The van der Waals surface area contributed by atoms with Gasteiger partial charge in [-0.15, -0.1) is 11.3 Å². The lowest BCUT2D eigenvalue weighted by molar-refractivity contribution is 0.0857. The van der Waals surface area contributed by atoms with Crippen LogP contribution < -0.4 is 11.1 Å². The van der Waals surface area contributed by atoms with Gasteiger partial charge in [-0.3, -0.25) is 9.69 Å². The first kappa shape index (κ1) is 16.8. The number of carbonyl (C=O) groups is 1. The molecule has 8 heteroatoms. The van der Waals surface area contributed by atoms with Crippen LogP contribution in [0.2, 0.25) is 0 Å². The number of nitrogen functional groups attached to an aromatic ring is 1. The monoisotopic (exact) mass is 346 g/mol. The minimum Gasteiger partial charge on any atom is -0.382 e. The van der Waals surface area contributed by atoms with Crippen molar-refractivity contribution in [3.63, 3.8) is 0 Å². The molecular weight excluding hydrogens is 324 g/mol. The van der Waals surface area contributed by atoms with Gasteiger partial charge in [0, 0.05) is 49.1 Å². The number of nitrogens with two attached hydrogens (primary N) is 1. The number of nitrogens with one attached hydrogen (secondary N) is 1. The van der Waals surface area contributed by atoms with Crippen LogP contribution in [0.1, 0.15) is 33.7 Å². The quantitative estimate of drug-likeness (QED) is 0.870. The minimum atomic E-state index is -0.246. The van der Waals surface area contributed by atoms with E-state index < -0.39 is 0 Å². The van der Waals surface area contributed by atoms with Crippen LogP contribution in [0.15, 0.2) is 18.6 Å². The van der Waals surface area contributed by atoms with Gasteiger partial charge >= 0.3 is 0 Å². The Labute approximate surface area is 145 Å². The van der Waals surface area contributed by atoms with Crippen LogP contribution >= 0.6 is 11.3 Å². The second-order valence-electron chi connectivity index (χ2n) is 6.22. The maximum Gasteiger partial charge on any atom is 0.273 e. The van der Waals surface area contributed by atoms with Crippen molar-refractivity contribution >= 4 is 23.1 Å². The number of rotatable bonds is 4. The normalized spacial score (nSPS) is 21.6. The fourth-order valence-corrected chi connectivity index (χ4v) is 3.89. The third-order valence-corrected chi connectivity index (χ3v) is 5.19. The molecule has 0 saturated carbocycles. The molecule has 0 spiro atoms. The Kier molecular flexibility index (Phi) is 5.06. The summed E-state index contributed by atoms with van der Waals surface area (Å²) in [5, 5.41) is 4.16. The van der Waals surface area contributed by atoms with E-state index in [1.54, 1.807) is 11.3 Å². The van der Waals surface area contributed by atoms with Crippen molar-refractivity contribution in [3.05, 3.63) is 34.2 Å². The number of aromatic nitrogens is 3. The Balaban J connectivity index is 1.56. The van der Waals surface area contributed by atoms with Crippen molar-refractivity contribution in [2.24, 2.45) is 5.92 Å². The van der Waals surface area contributed by atoms with E-state index in [9.17, 15) is 4.79 Å². The average Bonchev–Trinajstić information content (AvgIpc) is 2.95. The van der Waals surface area contributed by atoms with Crippen LogP contribution in [0.3, 0.4) is 0 Å². The molecule has 1 aliphatic rings. The van der Waals surface area contributed by atoms with Crippen LogP contribution in [0.25, 0.3) is 0 Å². The summed E-state index contributed by atoms with van der Waals surface area (Å²) in [5.74, 6) is 0.277. The Morgan fingerprint density at radius 2 is 2.21 bits per heavy atom. The molecule has 1 aliphatic heterocycles. The summed E-state index contributed by atoms with van der Waals surface area (Å²) in [4.78, 5) is 28.3. The van der Waals surface area contributed by atoms with E-state index in [1.165, 1.54) is 17.3 Å². The number of piperidine rings is 1. The van der Waals surface area contributed by atoms with E-state index in [0.29, 0.717) is 5.92 Å². The molecule has 2 atom stereocenters. The van der Waals surface area contributed by atoms with E-state index >= 15 is 0 Å². The zero-order valence-corrected chi connectivity index (χ0v) is 14.7. The Morgan fingerprint density at radius 3 is 2.88 bits per heavy atom. The van der Waals surface area contributed by atoms with Gasteiger partial charge in [-0.25, -0.2) is 15.0 Å². The Hall–Kier alpha value is -2.06. The highest BCUT2D eigenvalue weighted by atomic mass is 32.1. The standard InChI is InChI=1S/C16H22N6OS/c1-10-8-22(9-12-7-20-11(2)24-12)6-3-13(10)21-16(23)14-15(17)19-5-4-18-14/h4-5,7,10,13H,3,6,8-9H2,1-2H3,(H2,17,19)(H,21,23)/t10-,13-/m1/s1. The zero-order chi connectivity index (χ0) is 17.1. The van der Waals surface area contributed by atoms with E-state index in [1.807, 2.05) is 13.1 Å². The molecule has 7 nitrogen and oxygen atoms in total. The van der Waals surface area contributed by atoms with E-state index in [0.717, 1.165) is 31.1 Å². The number of amides is 1. The molecular formula is C16H22N6OS. The smallest absolute Gasteiger partial charge is 0.273 e. The lowest BCUT2D eigenvalue weighted by Gasteiger charge is -2.37. The number of thiazole rings is 1. The van der Waals surface area contributed by atoms with Crippen LogP contribution in [-0.2, 0) is 6.54 Å². The second kappa shape index (κ2) is 7.23. The molecule has 1 saturated heterocycles. The van der Waals surface area contributed by atoms with Crippen molar-refractivity contribution in [2.45, 2.75) is 32.9 Å². The Morgan fingerprint density at radius 1 is 1.42 bits per heavy atom. The molecule has 128 valence electrons. The lowest BCUT2D eigenvalue weighted by atomic mass is 9.93. The number of nitrogens with zero attached hydrogens (tertiary/aromatic N) is 4. The van der Waals surface area contributed by atoms with Crippen molar-refractivity contribution < 1.29 is 4.79 Å². The highest BCUT2D eigenvalue weighted by molar-refractivity contribution is 7.11. The number of anilines is 1. The first-order chi connectivity index (χ1) is 11.5. The number of likely N-dealkylation sites (tertiary alicyclic amines) is 1. The second-order valence-corrected chi connectivity index (χ2v) is 7.54. The first-order valence-corrected chi connectivity index (χ1v) is 8.85. The van der Waals surface area contributed by atoms with Crippen molar-refractivity contribution in [1.29, 1.82) is 0 Å². The average molecular weight is 346 g/mol. The third-order valence-electron chi connectivity index (χ3n) is 4.30. The summed E-state index contributed by atoms with van der Waals surface area (Å²) in [7, 11) is 0. The molecule has 0 radical (unpaired) electrons. The third kappa shape index (κ3) is 3.88. The maximum atomic E-state index is 12.3. The molecule has 3 heterocycles. The first-order valence-electron chi connectivity index (χ1n) is 8.04. The number of hydrogen-bond acceptors (Lipinski definition) is 7. The molecule has 3 rings (SSSR count). The van der Waals surface area contributed by atoms with Gasteiger partial charge in [-0.1, -0.05) is 6.92 Å². The van der Waals surface area contributed by atoms with Gasteiger partial charge < -0.3 is 11.1 Å². The molecule has 3 N–H and O–H groups in total. The molecule has 0 aliphatic carbocycles. The lowest BCUT2D eigenvalue weighted by Crippen LogP contribution is -2.49. The molecule has 2 aromatic heterocycles. The van der Waals surface area contributed by atoms with Crippen molar-refractivity contribution in [3.8, 4) is 0 Å². The van der Waals surface area contributed by atoms with Crippen molar-refractivity contribution in [1.82, 2.24) is 25.2 Å². The fraction of sp³-hybridized carbons (Fsp3) is 0.500. The molecule has 0 unspecified atom stereocenters. The van der Waals surface area contributed by atoms with Gasteiger partial charge in [-0.05, 0) is 19.3 Å². The van der Waals surface area contributed by atoms with E-state index in [-0.39, 0.29) is 23.5 Å². The molecule has 0 aromatic carbocycles. The predicted octanol–water partition coefficient (Wildman–Crippen LogP) is 1.46. The SMILES string of the molecule is Cc1ncc(CN2CC[C@@H](NC(=O)c3nccnc3N)[C@H](C)C2)s1. The molecule has 0 bridgehead atoms. The summed E-state index contributed by atoms with van der Waals surface area (Å²) in [6.07, 6.45) is 5.82. The summed E-state index contributed by atoms with van der Waals surface area (Å²) < 4.78 is 0. The number of hydrogen-bond donors (Lipinski definition) is 2.